The monoisotopic (exact) mass is 448 g/mol. The van der Waals surface area contributed by atoms with Crippen LogP contribution >= 0.6 is 22.9 Å². The molecule has 0 fully saturated rings. The number of aliphatic carboxylic acids is 1. The number of carbonyl (C=O) groups excluding carboxylic acids is 1. The number of rotatable bonds is 6. The fraction of sp³-hybridized carbons (Fsp3) is 0.300. The van der Waals surface area contributed by atoms with Crippen molar-refractivity contribution < 1.29 is 14.7 Å². The summed E-state index contributed by atoms with van der Waals surface area (Å²) in [5.41, 5.74) is -0.707. The molecular formula is C20H21ClN4O4S. The highest BCUT2D eigenvalue weighted by Gasteiger charge is 2.27. The number of nitrogens with zero attached hydrogens (tertiary/aromatic N) is 3. The average molecular weight is 449 g/mol. The Hall–Kier alpha value is -2.91. The minimum atomic E-state index is -1.13. The molecule has 0 saturated heterocycles. The number of carboxylic acid groups (broad SMARTS) is 1. The molecule has 0 saturated carbocycles. The standard InChI is InChI=1S/C20H21ClN4O4S/c1-20(2,3)19(29)25-16(22-10-12-6-7-15(21)30-12)9-14(23-25)13-5-4-8-24(18(13)28)11-17(26)27/h4-9,22H,10-11H2,1-3H3,(H,26,27). The third kappa shape index (κ3) is 4.80. The summed E-state index contributed by atoms with van der Waals surface area (Å²) in [7, 11) is 0. The van der Waals surface area contributed by atoms with E-state index in [1.807, 2.05) is 6.07 Å². The first-order chi connectivity index (χ1) is 14.1. The number of nitrogens with one attached hydrogen (secondary N) is 1. The molecule has 10 heteroatoms. The van der Waals surface area contributed by atoms with E-state index in [0.29, 0.717) is 16.7 Å². The van der Waals surface area contributed by atoms with Crippen molar-refractivity contribution in [3.63, 3.8) is 0 Å². The molecule has 3 aromatic heterocycles. The quantitative estimate of drug-likeness (QED) is 0.593. The second kappa shape index (κ2) is 8.45. The minimum Gasteiger partial charge on any atom is -0.480 e. The van der Waals surface area contributed by atoms with Gasteiger partial charge in [0.05, 0.1) is 16.4 Å². The summed E-state index contributed by atoms with van der Waals surface area (Å²) in [6.07, 6.45) is 1.40. The number of carboxylic acids is 1. The third-order valence-corrected chi connectivity index (χ3v) is 5.45. The first kappa shape index (κ1) is 21.8. The average Bonchev–Trinajstić information content (AvgIpc) is 3.26. The number of hydrogen-bond donors (Lipinski definition) is 2. The molecule has 30 heavy (non-hydrogen) atoms. The maximum absolute atomic E-state index is 12.9. The predicted octanol–water partition coefficient (Wildman–Crippen LogP) is 3.81. The third-order valence-electron chi connectivity index (χ3n) is 4.22. The number of hydrogen-bond acceptors (Lipinski definition) is 6. The van der Waals surface area contributed by atoms with Crippen LogP contribution < -0.4 is 10.9 Å². The topological polar surface area (TPSA) is 106 Å². The van der Waals surface area contributed by atoms with Crippen molar-refractivity contribution in [2.75, 3.05) is 5.32 Å². The predicted molar refractivity (Wildman–Crippen MR) is 116 cm³/mol. The first-order valence-corrected chi connectivity index (χ1v) is 10.3. The summed E-state index contributed by atoms with van der Waals surface area (Å²) >= 11 is 7.40. The molecule has 0 radical (unpaired) electrons. The van der Waals surface area contributed by atoms with Gasteiger partial charge in [-0.15, -0.1) is 11.3 Å². The van der Waals surface area contributed by atoms with Gasteiger partial charge < -0.3 is 15.0 Å². The molecule has 0 aliphatic rings. The Balaban J connectivity index is 2.02. The Bertz CT molecular complexity index is 1160. The molecule has 0 spiro atoms. The normalized spacial score (nSPS) is 11.5. The molecule has 158 valence electrons. The molecule has 0 aliphatic heterocycles. The van der Waals surface area contributed by atoms with E-state index in [1.165, 1.54) is 22.2 Å². The molecule has 0 unspecified atom stereocenters. The number of halogens is 1. The first-order valence-electron chi connectivity index (χ1n) is 9.11. The molecule has 3 aromatic rings. The Morgan fingerprint density at radius 2 is 2.00 bits per heavy atom. The van der Waals surface area contributed by atoms with Crippen molar-refractivity contribution in [1.82, 2.24) is 14.3 Å². The van der Waals surface area contributed by atoms with Crippen molar-refractivity contribution in [3.8, 4) is 11.3 Å². The summed E-state index contributed by atoms with van der Waals surface area (Å²) in [5, 5.41) is 16.5. The smallest absolute Gasteiger partial charge is 0.323 e. The second-order valence-corrected chi connectivity index (χ2v) is 9.49. The SMILES string of the molecule is CC(C)(C)C(=O)n1nc(-c2cccn(CC(=O)O)c2=O)cc1NCc1ccc(Cl)s1. The van der Waals surface area contributed by atoms with Crippen LogP contribution in [0, 0.1) is 5.41 Å². The van der Waals surface area contributed by atoms with E-state index in [9.17, 15) is 14.4 Å². The molecule has 2 N–H and O–H groups in total. The van der Waals surface area contributed by atoms with E-state index in [1.54, 1.807) is 45.0 Å². The summed E-state index contributed by atoms with van der Waals surface area (Å²) in [6.45, 7) is 5.31. The van der Waals surface area contributed by atoms with Crippen LogP contribution in [-0.2, 0) is 17.9 Å². The van der Waals surface area contributed by atoms with Gasteiger partial charge in [-0.3, -0.25) is 14.4 Å². The van der Waals surface area contributed by atoms with Gasteiger partial charge in [-0.25, -0.2) is 0 Å². The summed E-state index contributed by atoms with van der Waals surface area (Å²) < 4.78 is 3.00. The molecule has 3 rings (SSSR count). The molecule has 8 nitrogen and oxygen atoms in total. The lowest BCUT2D eigenvalue weighted by atomic mass is 9.96. The van der Waals surface area contributed by atoms with Gasteiger partial charge in [0.15, 0.2) is 0 Å². The lowest BCUT2D eigenvalue weighted by Gasteiger charge is -2.18. The van der Waals surface area contributed by atoms with Crippen LogP contribution in [0.2, 0.25) is 4.34 Å². The zero-order valence-electron chi connectivity index (χ0n) is 16.7. The van der Waals surface area contributed by atoms with Crippen molar-refractivity contribution in [1.29, 1.82) is 0 Å². The van der Waals surface area contributed by atoms with E-state index in [-0.39, 0.29) is 17.2 Å². The van der Waals surface area contributed by atoms with E-state index < -0.39 is 23.5 Å². The zero-order valence-corrected chi connectivity index (χ0v) is 18.3. The van der Waals surface area contributed by atoms with Crippen LogP contribution in [0.15, 0.2) is 41.3 Å². The Kier molecular flexibility index (Phi) is 6.14. The number of pyridine rings is 1. The van der Waals surface area contributed by atoms with Crippen LogP contribution in [0.1, 0.15) is 30.4 Å². The Morgan fingerprint density at radius 3 is 2.60 bits per heavy atom. The van der Waals surface area contributed by atoms with Crippen LogP contribution in [-0.4, -0.2) is 31.3 Å². The van der Waals surface area contributed by atoms with E-state index in [2.05, 4.69) is 10.4 Å². The number of carbonyl (C=O) groups is 2. The van der Waals surface area contributed by atoms with Gasteiger partial charge in [-0.2, -0.15) is 9.78 Å². The Morgan fingerprint density at radius 1 is 1.27 bits per heavy atom. The fourth-order valence-electron chi connectivity index (χ4n) is 2.74. The summed E-state index contributed by atoms with van der Waals surface area (Å²) in [4.78, 5) is 37.6. The van der Waals surface area contributed by atoms with Gasteiger partial charge in [0.25, 0.3) is 11.5 Å². The molecule has 0 aromatic carbocycles. The van der Waals surface area contributed by atoms with Crippen molar-refractivity contribution in [3.05, 3.63) is 56.1 Å². The van der Waals surface area contributed by atoms with Crippen LogP contribution in [0.3, 0.4) is 0 Å². The van der Waals surface area contributed by atoms with Gasteiger partial charge in [0.2, 0.25) is 0 Å². The van der Waals surface area contributed by atoms with Gasteiger partial charge in [0.1, 0.15) is 18.1 Å². The molecule has 0 aliphatic carbocycles. The van der Waals surface area contributed by atoms with Gasteiger partial charge >= 0.3 is 5.97 Å². The van der Waals surface area contributed by atoms with E-state index in [0.717, 1.165) is 9.44 Å². The van der Waals surface area contributed by atoms with Crippen LogP contribution in [0.5, 0.6) is 0 Å². The minimum absolute atomic E-state index is 0.210. The summed E-state index contributed by atoms with van der Waals surface area (Å²) in [5.74, 6) is -0.940. The Labute approximate surface area is 181 Å². The highest BCUT2D eigenvalue weighted by molar-refractivity contribution is 7.16. The maximum atomic E-state index is 12.9. The molecule has 3 heterocycles. The maximum Gasteiger partial charge on any atom is 0.323 e. The number of aromatic nitrogens is 3. The fourth-order valence-corrected chi connectivity index (χ4v) is 3.76. The summed E-state index contributed by atoms with van der Waals surface area (Å²) in [6, 6.07) is 8.42. The molecule has 0 amide bonds. The highest BCUT2D eigenvalue weighted by Crippen LogP contribution is 2.26. The number of thiophene rings is 1. The molecular weight excluding hydrogens is 428 g/mol. The van der Waals surface area contributed by atoms with E-state index in [4.69, 9.17) is 16.7 Å². The lowest BCUT2D eigenvalue weighted by molar-refractivity contribution is -0.137. The van der Waals surface area contributed by atoms with Crippen molar-refractivity contribution in [2.45, 2.75) is 33.9 Å². The van der Waals surface area contributed by atoms with Crippen molar-refractivity contribution >= 4 is 40.6 Å². The van der Waals surface area contributed by atoms with Crippen LogP contribution in [0.25, 0.3) is 11.3 Å². The van der Waals surface area contributed by atoms with E-state index >= 15 is 0 Å². The zero-order chi connectivity index (χ0) is 22.1. The molecule has 0 bridgehead atoms. The largest absolute Gasteiger partial charge is 0.480 e. The highest BCUT2D eigenvalue weighted by atomic mass is 35.5. The van der Waals surface area contributed by atoms with Gasteiger partial charge in [0, 0.05) is 22.6 Å². The van der Waals surface area contributed by atoms with Crippen LogP contribution in [0.4, 0.5) is 5.82 Å². The second-order valence-electron chi connectivity index (χ2n) is 7.69. The lowest BCUT2D eigenvalue weighted by Crippen LogP contribution is -2.29. The molecule has 0 atom stereocenters. The van der Waals surface area contributed by atoms with Gasteiger partial charge in [-0.05, 0) is 24.3 Å². The van der Waals surface area contributed by atoms with Gasteiger partial charge in [-0.1, -0.05) is 32.4 Å². The number of anilines is 1. The van der Waals surface area contributed by atoms with Crippen molar-refractivity contribution in [2.24, 2.45) is 5.41 Å².